The molecule has 3 aromatic rings. The Hall–Kier alpha value is -2.74. The predicted molar refractivity (Wildman–Crippen MR) is 83.4 cm³/mol. The van der Waals surface area contributed by atoms with Crippen molar-refractivity contribution >= 4 is 11.9 Å². The maximum Gasteiger partial charge on any atom is 0.0813 e. The van der Waals surface area contributed by atoms with E-state index in [1.165, 1.54) is 11.1 Å². The van der Waals surface area contributed by atoms with Gasteiger partial charge < -0.3 is 0 Å². The van der Waals surface area contributed by atoms with Crippen LogP contribution in [-0.4, -0.2) is 11.2 Å². The van der Waals surface area contributed by atoms with Crippen molar-refractivity contribution in [1.82, 2.24) is 4.98 Å². The van der Waals surface area contributed by atoms with E-state index in [0.29, 0.717) is 0 Å². The Morgan fingerprint density at radius 3 is 2.20 bits per heavy atom. The first-order valence-corrected chi connectivity index (χ1v) is 6.51. The van der Waals surface area contributed by atoms with Crippen molar-refractivity contribution in [3.8, 4) is 11.1 Å². The van der Waals surface area contributed by atoms with Gasteiger partial charge in [-0.15, -0.1) is 0 Å². The summed E-state index contributed by atoms with van der Waals surface area (Å²) in [5.74, 6) is 0. The summed E-state index contributed by atoms with van der Waals surface area (Å²) < 4.78 is 0. The number of benzene rings is 2. The van der Waals surface area contributed by atoms with Crippen molar-refractivity contribution in [2.24, 2.45) is 4.99 Å². The fourth-order valence-electron chi connectivity index (χ4n) is 1.97. The van der Waals surface area contributed by atoms with Crippen molar-refractivity contribution in [3.63, 3.8) is 0 Å². The molecule has 0 N–H and O–H groups in total. The Morgan fingerprint density at radius 2 is 1.50 bits per heavy atom. The molecule has 0 atom stereocenters. The van der Waals surface area contributed by atoms with Crippen molar-refractivity contribution in [1.29, 1.82) is 0 Å². The number of aliphatic imine (C=N–C) groups is 1. The van der Waals surface area contributed by atoms with Gasteiger partial charge in [0.2, 0.25) is 0 Å². The Balaban J connectivity index is 1.79. The van der Waals surface area contributed by atoms with Crippen LogP contribution >= 0.6 is 0 Å². The summed E-state index contributed by atoms with van der Waals surface area (Å²) in [5, 5.41) is 0. The van der Waals surface area contributed by atoms with Crippen LogP contribution in [0.25, 0.3) is 11.1 Å². The predicted octanol–water partition coefficient (Wildman–Crippen LogP) is 4.50. The first-order valence-electron chi connectivity index (χ1n) is 6.51. The van der Waals surface area contributed by atoms with Crippen LogP contribution in [0.1, 0.15) is 5.56 Å². The van der Waals surface area contributed by atoms with Crippen LogP contribution in [-0.2, 0) is 0 Å². The molecule has 0 bridgehead atoms. The molecule has 2 nitrogen and oxygen atoms in total. The lowest BCUT2D eigenvalue weighted by Crippen LogP contribution is -1.82. The summed E-state index contributed by atoms with van der Waals surface area (Å²) in [6.45, 7) is 0. The lowest BCUT2D eigenvalue weighted by Gasteiger charge is -2.01. The first-order chi connectivity index (χ1) is 9.92. The number of hydrogen-bond acceptors (Lipinski definition) is 2. The molecule has 3 rings (SSSR count). The van der Waals surface area contributed by atoms with E-state index in [1.807, 2.05) is 36.5 Å². The average Bonchev–Trinajstić information content (AvgIpc) is 2.55. The lowest BCUT2D eigenvalue weighted by atomic mass is 10.0. The standard InChI is InChI=1S/C18H14N2/c1-2-5-16(6-3-1)17-10-8-15(9-11-17)13-20-18-7-4-12-19-14-18/h1-14H. The number of aromatic nitrogens is 1. The van der Waals surface area contributed by atoms with Gasteiger partial charge in [0, 0.05) is 12.4 Å². The molecule has 0 aliphatic carbocycles. The monoisotopic (exact) mass is 258 g/mol. The summed E-state index contributed by atoms with van der Waals surface area (Å²) in [5.41, 5.74) is 4.38. The van der Waals surface area contributed by atoms with Crippen molar-refractivity contribution in [2.45, 2.75) is 0 Å². The second-order valence-corrected chi connectivity index (χ2v) is 4.46. The van der Waals surface area contributed by atoms with Gasteiger partial charge in [0.1, 0.15) is 0 Å². The molecular weight excluding hydrogens is 244 g/mol. The minimum Gasteiger partial charge on any atom is -0.262 e. The van der Waals surface area contributed by atoms with Gasteiger partial charge in [0.15, 0.2) is 0 Å². The molecule has 1 heterocycles. The molecule has 0 aliphatic heterocycles. The minimum atomic E-state index is 0.861. The number of nitrogens with zero attached hydrogens (tertiary/aromatic N) is 2. The molecule has 0 fully saturated rings. The molecule has 0 saturated carbocycles. The molecule has 0 radical (unpaired) electrons. The van der Waals surface area contributed by atoms with Gasteiger partial charge in [-0.05, 0) is 28.8 Å². The average molecular weight is 258 g/mol. The van der Waals surface area contributed by atoms with Gasteiger partial charge in [-0.3, -0.25) is 9.98 Å². The quantitative estimate of drug-likeness (QED) is 0.635. The molecule has 0 aliphatic rings. The number of rotatable bonds is 3. The van der Waals surface area contributed by atoms with E-state index in [4.69, 9.17) is 0 Å². The number of hydrogen-bond donors (Lipinski definition) is 0. The van der Waals surface area contributed by atoms with Crippen LogP contribution in [0.5, 0.6) is 0 Å². The summed E-state index contributed by atoms with van der Waals surface area (Å²) >= 11 is 0. The topological polar surface area (TPSA) is 25.2 Å². The summed E-state index contributed by atoms with van der Waals surface area (Å²) in [7, 11) is 0. The molecule has 0 saturated heterocycles. The molecule has 0 amide bonds. The van der Waals surface area contributed by atoms with E-state index >= 15 is 0 Å². The lowest BCUT2D eigenvalue weighted by molar-refractivity contribution is 1.31. The number of pyridine rings is 1. The van der Waals surface area contributed by atoms with Crippen molar-refractivity contribution < 1.29 is 0 Å². The highest BCUT2D eigenvalue weighted by molar-refractivity contribution is 5.83. The largest absolute Gasteiger partial charge is 0.262 e. The Kier molecular flexibility index (Phi) is 3.65. The van der Waals surface area contributed by atoms with Gasteiger partial charge in [-0.25, -0.2) is 0 Å². The van der Waals surface area contributed by atoms with Crippen molar-refractivity contribution in [3.05, 3.63) is 84.7 Å². The third-order valence-electron chi connectivity index (χ3n) is 3.03. The van der Waals surface area contributed by atoms with Crippen molar-refractivity contribution in [2.75, 3.05) is 0 Å². The van der Waals surface area contributed by atoms with Gasteiger partial charge >= 0.3 is 0 Å². The Labute approximate surface area is 118 Å². The van der Waals surface area contributed by atoms with Crippen LogP contribution in [0.4, 0.5) is 5.69 Å². The molecule has 20 heavy (non-hydrogen) atoms. The van der Waals surface area contributed by atoms with Crippen LogP contribution in [0.15, 0.2) is 84.1 Å². The van der Waals surface area contributed by atoms with Crippen LogP contribution < -0.4 is 0 Å². The maximum absolute atomic E-state index is 4.39. The van der Waals surface area contributed by atoms with Crippen LogP contribution in [0, 0.1) is 0 Å². The molecule has 0 spiro atoms. The van der Waals surface area contributed by atoms with E-state index in [-0.39, 0.29) is 0 Å². The van der Waals surface area contributed by atoms with Gasteiger partial charge in [-0.2, -0.15) is 0 Å². The highest BCUT2D eigenvalue weighted by atomic mass is 14.8. The highest BCUT2D eigenvalue weighted by Crippen LogP contribution is 2.19. The second kappa shape index (κ2) is 5.93. The molecule has 2 heteroatoms. The zero-order valence-corrected chi connectivity index (χ0v) is 11.0. The van der Waals surface area contributed by atoms with Crippen LogP contribution in [0.3, 0.4) is 0 Å². The summed E-state index contributed by atoms with van der Waals surface area (Å²) in [6, 6.07) is 22.5. The Morgan fingerprint density at radius 1 is 0.750 bits per heavy atom. The second-order valence-electron chi connectivity index (χ2n) is 4.46. The highest BCUT2D eigenvalue weighted by Gasteiger charge is 1.96. The normalized spacial score (nSPS) is 10.8. The Bertz CT molecular complexity index is 687. The summed E-state index contributed by atoms with van der Waals surface area (Å²) in [6.07, 6.45) is 5.34. The minimum absolute atomic E-state index is 0.861. The first kappa shape index (κ1) is 12.3. The van der Waals surface area contributed by atoms with E-state index in [0.717, 1.165) is 11.3 Å². The zero-order chi connectivity index (χ0) is 13.6. The molecule has 2 aromatic carbocycles. The van der Waals surface area contributed by atoms with E-state index < -0.39 is 0 Å². The molecule has 1 aromatic heterocycles. The van der Waals surface area contributed by atoms with E-state index in [1.54, 1.807) is 12.4 Å². The fraction of sp³-hybridized carbons (Fsp3) is 0. The third-order valence-corrected chi connectivity index (χ3v) is 3.03. The summed E-state index contributed by atoms with van der Waals surface area (Å²) in [4.78, 5) is 8.43. The van der Waals surface area contributed by atoms with E-state index in [9.17, 15) is 0 Å². The van der Waals surface area contributed by atoms with Gasteiger partial charge in [0.05, 0.1) is 11.9 Å². The smallest absolute Gasteiger partial charge is 0.0813 e. The van der Waals surface area contributed by atoms with Gasteiger partial charge in [-0.1, -0.05) is 54.6 Å². The van der Waals surface area contributed by atoms with Crippen LogP contribution in [0.2, 0.25) is 0 Å². The SMILES string of the molecule is C(=Nc1cccnc1)c1ccc(-c2ccccc2)cc1. The van der Waals surface area contributed by atoms with E-state index in [2.05, 4.69) is 46.4 Å². The zero-order valence-electron chi connectivity index (χ0n) is 11.0. The van der Waals surface area contributed by atoms with Gasteiger partial charge in [0.25, 0.3) is 0 Å². The molecule has 0 unspecified atom stereocenters. The molecule has 96 valence electrons. The maximum atomic E-state index is 4.39. The fourth-order valence-corrected chi connectivity index (χ4v) is 1.97. The third kappa shape index (κ3) is 2.98. The molecular formula is C18H14N2.